The van der Waals surface area contributed by atoms with E-state index in [9.17, 15) is 4.79 Å². The fourth-order valence-electron chi connectivity index (χ4n) is 4.23. The van der Waals surface area contributed by atoms with Gasteiger partial charge in [-0.3, -0.25) is 4.79 Å². The van der Waals surface area contributed by atoms with Gasteiger partial charge in [0, 0.05) is 13.0 Å². The molecule has 0 spiro atoms. The zero-order valence-corrected chi connectivity index (χ0v) is 20.1. The minimum atomic E-state index is -0.463. The van der Waals surface area contributed by atoms with Crippen LogP contribution in [0.25, 0.3) is 11.0 Å². The van der Waals surface area contributed by atoms with Gasteiger partial charge >= 0.3 is 0 Å². The van der Waals surface area contributed by atoms with E-state index in [1.165, 1.54) is 0 Å². The van der Waals surface area contributed by atoms with Crippen molar-refractivity contribution in [1.29, 1.82) is 0 Å². The van der Waals surface area contributed by atoms with Crippen LogP contribution in [0, 0.1) is 0 Å². The number of fused-ring (bicyclic) bond motifs is 2. The number of imidazole rings is 1. The molecule has 5 rings (SSSR count). The molecule has 8 heteroatoms. The van der Waals surface area contributed by atoms with E-state index in [1.807, 2.05) is 60.0 Å². The van der Waals surface area contributed by atoms with Crippen LogP contribution in [0.3, 0.4) is 0 Å². The fourth-order valence-corrected chi connectivity index (χ4v) is 4.55. The molecule has 0 saturated heterocycles. The molecular formula is C26H23Cl2N3O3. The maximum atomic E-state index is 13.4. The Morgan fingerprint density at radius 3 is 2.59 bits per heavy atom. The predicted molar refractivity (Wildman–Crippen MR) is 133 cm³/mol. The zero-order chi connectivity index (χ0) is 23.7. The molecule has 0 bridgehead atoms. The van der Waals surface area contributed by atoms with Gasteiger partial charge < -0.3 is 19.4 Å². The van der Waals surface area contributed by atoms with Crippen LogP contribution in [0.15, 0.2) is 60.7 Å². The van der Waals surface area contributed by atoms with Crippen molar-refractivity contribution in [2.45, 2.75) is 32.4 Å². The topological polar surface area (TPSA) is 65.4 Å². The highest BCUT2D eigenvalue weighted by molar-refractivity contribution is 6.42. The Labute approximate surface area is 207 Å². The number of nitrogens with zero attached hydrogens (tertiary/aromatic N) is 2. The first-order valence-corrected chi connectivity index (χ1v) is 11.8. The Hall–Kier alpha value is -3.22. The average molecular weight is 496 g/mol. The standard InChI is InChI=1S/C26H23Cl2N3O3/c1-2-21(26(32)29-14-17-8-9-23-24(10-17)34-15-33-23)31-22-13-19(28)18(27)12-20(22)30-25(31)11-16-6-4-3-5-7-16/h3-10,12-13,21H,2,11,14-15H2,1H3,(H,29,32). The molecule has 6 nitrogen and oxygen atoms in total. The average Bonchev–Trinajstić information content (AvgIpc) is 3.44. The van der Waals surface area contributed by atoms with Gasteiger partial charge in [-0.1, -0.05) is 66.5 Å². The van der Waals surface area contributed by atoms with Crippen molar-refractivity contribution >= 4 is 40.1 Å². The molecule has 0 fully saturated rings. The van der Waals surface area contributed by atoms with Gasteiger partial charge in [0.25, 0.3) is 0 Å². The number of hydrogen-bond donors (Lipinski definition) is 1. The molecule has 4 aromatic rings. The normalized spacial score (nSPS) is 13.3. The van der Waals surface area contributed by atoms with E-state index < -0.39 is 6.04 Å². The molecule has 34 heavy (non-hydrogen) atoms. The van der Waals surface area contributed by atoms with Crippen molar-refractivity contribution in [1.82, 2.24) is 14.9 Å². The maximum absolute atomic E-state index is 13.4. The number of hydrogen-bond acceptors (Lipinski definition) is 4. The van der Waals surface area contributed by atoms with Crippen LogP contribution in [0.4, 0.5) is 0 Å². The quantitative estimate of drug-likeness (QED) is 0.345. The highest BCUT2D eigenvalue weighted by atomic mass is 35.5. The second-order valence-electron chi connectivity index (χ2n) is 8.14. The molecule has 0 radical (unpaired) electrons. The number of carbonyl (C=O) groups is 1. The third-order valence-electron chi connectivity index (χ3n) is 5.91. The van der Waals surface area contributed by atoms with Crippen LogP contribution >= 0.6 is 23.2 Å². The summed E-state index contributed by atoms with van der Waals surface area (Å²) in [6.07, 6.45) is 1.16. The van der Waals surface area contributed by atoms with Crippen molar-refractivity contribution in [3.05, 3.63) is 87.7 Å². The van der Waals surface area contributed by atoms with Crippen molar-refractivity contribution < 1.29 is 14.3 Å². The summed E-state index contributed by atoms with van der Waals surface area (Å²) in [5.74, 6) is 2.09. The van der Waals surface area contributed by atoms with Crippen LogP contribution < -0.4 is 14.8 Å². The molecule has 0 aliphatic carbocycles. The molecule has 1 aromatic heterocycles. The summed E-state index contributed by atoms with van der Waals surface area (Å²) in [6, 6.07) is 18.8. The van der Waals surface area contributed by atoms with E-state index in [4.69, 9.17) is 37.7 Å². The lowest BCUT2D eigenvalue weighted by atomic mass is 10.1. The Morgan fingerprint density at radius 2 is 1.79 bits per heavy atom. The summed E-state index contributed by atoms with van der Waals surface area (Å²) < 4.78 is 12.8. The lowest BCUT2D eigenvalue weighted by Crippen LogP contribution is -2.32. The Kier molecular flexibility index (Phi) is 6.35. The Bertz CT molecular complexity index is 1350. The highest BCUT2D eigenvalue weighted by Crippen LogP contribution is 2.33. The number of aromatic nitrogens is 2. The van der Waals surface area contributed by atoms with E-state index in [-0.39, 0.29) is 12.7 Å². The van der Waals surface area contributed by atoms with Gasteiger partial charge in [0.1, 0.15) is 11.9 Å². The lowest BCUT2D eigenvalue weighted by molar-refractivity contribution is -0.124. The number of carbonyl (C=O) groups excluding carboxylic acids is 1. The van der Waals surface area contributed by atoms with Gasteiger partial charge in [-0.15, -0.1) is 0 Å². The van der Waals surface area contributed by atoms with E-state index in [0.29, 0.717) is 46.4 Å². The van der Waals surface area contributed by atoms with Crippen molar-refractivity contribution in [2.24, 2.45) is 0 Å². The number of ether oxygens (including phenoxy) is 2. The van der Waals surface area contributed by atoms with E-state index >= 15 is 0 Å². The first-order valence-electron chi connectivity index (χ1n) is 11.1. The van der Waals surface area contributed by atoms with Gasteiger partial charge in [0.2, 0.25) is 12.7 Å². The molecule has 1 aliphatic rings. The molecular weight excluding hydrogens is 473 g/mol. The molecule has 1 unspecified atom stereocenters. The van der Waals surface area contributed by atoms with Crippen LogP contribution in [0.1, 0.15) is 36.3 Å². The first kappa shape index (κ1) is 22.6. The second-order valence-corrected chi connectivity index (χ2v) is 8.96. The highest BCUT2D eigenvalue weighted by Gasteiger charge is 2.25. The van der Waals surface area contributed by atoms with Gasteiger partial charge in [0.15, 0.2) is 11.5 Å². The zero-order valence-electron chi connectivity index (χ0n) is 18.6. The number of amides is 1. The van der Waals surface area contributed by atoms with E-state index in [0.717, 1.165) is 22.5 Å². The van der Waals surface area contributed by atoms with Crippen LogP contribution in [-0.2, 0) is 17.8 Å². The van der Waals surface area contributed by atoms with Crippen LogP contribution in [0.2, 0.25) is 10.0 Å². The molecule has 2 heterocycles. The fraction of sp³-hybridized carbons (Fsp3) is 0.231. The van der Waals surface area contributed by atoms with Crippen molar-refractivity contribution in [3.63, 3.8) is 0 Å². The van der Waals surface area contributed by atoms with Gasteiger partial charge in [-0.2, -0.15) is 0 Å². The van der Waals surface area contributed by atoms with Gasteiger partial charge in [-0.25, -0.2) is 4.98 Å². The monoisotopic (exact) mass is 495 g/mol. The number of rotatable bonds is 7. The number of halogens is 2. The summed E-state index contributed by atoms with van der Waals surface area (Å²) in [5.41, 5.74) is 3.53. The molecule has 1 amide bonds. The largest absolute Gasteiger partial charge is 0.454 e. The third-order valence-corrected chi connectivity index (χ3v) is 6.64. The molecule has 0 saturated carbocycles. The second kappa shape index (κ2) is 9.57. The lowest BCUT2D eigenvalue weighted by Gasteiger charge is -2.20. The molecule has 174 valence electrons. The summed E-state index contributed by atoms with van der Waals surface area (Å²) in [7, 11) is 0. The Balaban J connectivity index is 1.46. The molecule has 3 aromatic carbocycles. The summed E-state index contributed by atoms with van der Waals surface area (Å²) in [5, 5.41) is 3.93. The Morgan fingerprint density at radius 1 is 1.03 bits per heavy atom. The predicted octanol–water partition coefficient (Wildman–Crippen LogP) is 5.93. The number of nitrogens with one attached hydrogen (secondary N) is 1. The minimum Gasteiger partial charge on any atom is -0.454 e. The van der Waals surface area contributed by atoms with Crippen molar-refractivity contribution in [3.8, 4) is 11.5 Å². The first-order chi connectivity index (χ1) is 16.5. The number of benzene rings is 3. The maximum Gasteiger partial charge on any atom is 0.243 e. The summed E-state index contributed by atoms with van der Waals surface area (Å²) in [6.45, 7) is 2.58. The summed E-state index contributed by atoms with van der Waals surface area (Å²) in [4.78, 5) is 18.2. The molecule has 1 aliphatic heterocycles. The van der Waals surface area contributed by atoms with E-state index in [1.54, 1.807) is 12.1 Å². The SMILES string of the molecule is CCC(C(=O)NCc1ccc2c(c1)OCO2)n1c(Cc2ccccc2)nc2cc(Cl)c(Cl)cc21. The third kappa shape index (κ3) is 4.43. The molecule has 1 N–H and O–H groups in total. The van der Waals surface area contributed by atoms with Gasteiger partial charge in [-0.05, 0) is 41.8 Å². The van der Waals surface area contributed by atoms with E-state index in [2.05, 4.69) is 5.32 Å². The van der Waals surface area contributed by atoms with Crippen LogP contribution in [0.5, 0.6) is 11.5 Å². The smallest absolute Gasteiger partial charge is 0.243 e. The van der Waals surface area contributed by atoms with Gasteiger partial charge in [0.05, 0.1) is 21.1 Å². The molecule has 1 atom stereocenters. The summed E-state index contributed by atoms with van der Waals surface area (Å²) >= 11 is 12.6. The minimum absolute atomic E-state index is 0.0974. The van der Waals surface area contributed by atoms with Crippen LogP contribution in [-0.4, -0.2) is 22.3 Å². The van der Waals surface area contributed by atoms with Crippen molar-refractivity contribution in [2.75, 3.05) is 6.79 Å².